The van der Waals surface area contributed by atoms with Crippen LogP contribution in [-0.4, -0.2) is 28.4 Å². The van der Waals surface area contributed by atoms with Crippen molar-refractivity contribution < 1.29 is 21.6 Å². The smallest absolute Gasteiger partial charge is 0.243 e. The summed E-state index contributed by atoms with van der Waals surface area (Å²) in [5, 5.41) is 4.86. The van der Waals surface area contributed by atoms with E-state index < -0.39 is 37.9 Å². The monoisotopic (exact) mass is 505 g/mol. The topological polar surface area (TPSA) is 115 Å². The summed E-state index contributed by atoms with van der Waals surface area (Å²) in [6.45, 7) is 0. The highest BCUT2D eigenvalue weighted by molar-refractivity contribution is 7.89. The van der Waals surface area contributed by atoms with Crippen LogP contribution in [-0.2, 0) is 10.0 Å². The van der Waals surface area contributed by atoms with E-state index in [1.807, 2.05) is 0 Å². The first-order chi connectivity index (χ1) is 16.1. The molecule has 12 heteroatoms. The van der Waals surface area contributed by atoms with Gasteiger partial charge in [0.05, 0.1) is 22.1 Å². The number of H-pyrrole nitrogens is 1. The molecule has 0 amide bonds. The molecule has 2 aromatic carbocycles. The molecule has 34 heavy (non-hydrogen) atoms. The predicted octanol–water partition coefficient (Wildman–Crippen LogP) is 4.80. The zero-order valence-electron chi connectivity index (χ0n) is 17.2. The molecule has 3 N–H and O–H groups in total. The van der Waals surface area contributed by atoms with Gasteiger partial charge in [-0.15, -0.1) is 0 Å². The predicted molar refractivity (Wildman–Crippen MR) is 119 cm³/mol. The normalized spacial score (nSPS) is 13.9. The number of aromatic nitrogens is 4. The molecule has 1 saturated carbocycles. The molecule has 2 heterocycles. The Morgan fingerprint density at radius 3 is 2.44 bits per heavy atom. The third-order valence-corrected chi connectivity index (χ3v) is 6.79. The van der Waals surface area contributed by atoms with E-state index in [9.17, 15) is 17.2 Å². The first-order valence-electron chi connectivity index (χ1n) is 10.0. The zero-order chi connectivity index (χ0) is 24.2. The zero-order valence-corrected chi connectivity index (χ0v) is 18.8. The lowest BCUT2D eigenvalue weighted by atomic mass is 9.99. The maximum absolute atomic E-state index is 15.1. The molecular weight excluding hydrogens is 491 g/mol. The minimum absolute atomic E-state index is 0.114. The average molecular weight is 506 g/mol. The lowest BCUT2D eigenvalue weighted by molar-refractivity contribution is 0.521. The van der Waals surface area contributed by atoms with Crippen LogP contribution in [0.3, 0.4) is 0 Å². The van der Waals surface area contributed by atoms with Gasteiger partial charge in [0.15, 0.2) is 10.7 Å². The van der Waals surface area contributed by atoms with E-state index in [1.165, 1.54) is 12.5 Å². The molecule has 0 radical (unpaired) electrons. The number of hydrogen-bond donors (Lipinski definition) is 2. The van der Waals surface area contributed by atoms with Gasteiger partial charge in [-0.25, -0.2) is 41.7 Å². The second-order valence-corrected chi connectivity index (χ2v) is 9.69. The Labute approximate surface area is 196 Å². The number of primary sulfonamides is 1. The van der Waals surface area contributed by atoms with Crippen LogP contribution in [0.15, 0.2) is 47.8 Å². The van der Waals surface area contributed by atoms with Crippen LogP contribution < -0.4 is 5.14 Å². The van der Waals surface area contributed by atoms with Crippen LogP contribution in [0.4, 0.5) is 13.2 Å². The third-order valence-electron chi connectivity index (χ3n) is 5.44. The molecule has 0 atom stereocenters. The highest BCUT2D eigenvalue weighted by Gasteiger charge is 2.31. The number of sulfonamides is 1. The first kappa shape index (κ1) is 22.5. The number of nitrogens with zero attached hydrogens (tertiary/aromatic N) is 3. The fourth-order valence-electron chi connectivity index (χ4n) is 3.72. The summed E-state index contributed by atoms with van der Waals surface area (Å²) in [5.41, 5.74) is 0.722. The van der Waals surface area contributed by atoms with Crippen LogP contribution in [0.5, 0.6) is 0 Å². The van der Waals surface area contributed by atoms with Gasteiger partial charge in [0.2, 0.25) is 10.0 Å². The van der Waals surface area contributed by atoms with Crippen molar-refractivity contribution in [3.63, 3.8) is 0 Å². The maximum Gasteiger partial charge on any atom is 0.243 e. The summed E-state index contributed by atoms with van der Waals surface area (Å²) in [6.07, 6.45) is 4.76. The Hall–Kier alpha value is -3.28. The quantitative estimate of drug-likeness (QED) is 0.404. The number of imidazole rings is 1. The SMILES string of the molecule is NS(=O)(=O)c1c(F)ccc(-c2cc(F)cc(-c3nc(C4CC4)[nH]c3-c3ccncn3)c2Cl)c1F. The molecule has 7 nitrogen and oxygen atoms in total. The summed E-state index contributed by atoms with van der Waals surface area (Å²) in [5.74, 6) is -2.75. The maximum atomic E-state index is 15.1. The molecule has 0 spiro atoms. The van der Waals surface area contributed by atoms with E-state index >= 15 is 4.39 Å². The van der Waals surface area contributed by atoms with Crippen molar-refractivity contribution in [1.29, 1.82) is 0 Å². The number of benzene rings is 2. The Balaban J connectivity index is 1.75. The van der Waals surface area contributed by atoms with Crippen molar-refractivity contribution in [3.8, 4) is 33.8 Å². The molecule has 0 aliphatic heterocycles. The van der Waals surface area contributed by atoms with E-state index in [4.69, 9.17) is 16.7 Å². The molecule has 174 valence electrons. The molecule has 5 rings (SSSR count). The van der Waals surface area contributed by atoms with E-state index in [2.05, 4.69) is 19.9 Å². The summed E-state index contributed by atoms with van der Waals surface area (Å²) < 4.78 is 67.4. The van der Waals surface area contributed by atoms with Gasteiger partial charge in [-0.2, -0.15) is 0 Å². The number of nitrogens with one attached hydrogen (secondary N) is 1. The minimum atomic E-state index is -4.74. The van der Waals surface area contributed by atoms with E-state index in [0.717, 1.165) is 37.1 Å². The second-order valence-electron chi connectivity index (χ2n) is 7.81. The third kappa shape index (κ3) is 3.95. The Morgan fingerprint density at radius 2 is 1.79 bits per heavy atom. The van der Waals surface area contributed by atoms with Gasteiger partial charge in [0, 0.05) is 28.8 Å². The largest absolute Gasteiger partial charge is 0.340 e. The van der Waals surface area contributed by atoms with E-state index in [-0.39, 0.29) is 27.8 Å². The lowest BCUT2D eigenvalue weighted by Crippen LogP contribution is -2.16. The number of halogens is 4. The van der Waals surface area contributed by atoms with Crippen LogP contribution in [0.1, 0.15) is 24.6 Å². The summed E-state index contributed by atoms with van der Waals surface area (Å²) in [4.78, 5) is 14.6. The summed E-state index contributed by atoms with van der Waals surface area (Å²) in [7, 11) is -4.74. The molecule has 4 aromatic rings. The van der Waals surface area contributed by atoms with Gasteiger partial charge >= 0.3 is 0 Å². The van der Waals surface area contributed by atoms with Crippen molar-refractivity contribution in [1.82, 2.24) is 19.9 Å². The molecular formula is C22H15ClF3N5O2S. The molecule has 1 aliphatic carbocycles. The second kappa shape index (κ2) is 8.19. The molecule has 1 fully saturated rings. The summed E-state index contributed by atoms with van der Waals surface area (Å²) >= 11 is 6.60. The minimum Gasteiger partial charge on any atom is -0.340 e. The molecule has 0 unspecified atom stereocenters. The first-order valence-corrected chi connectivity index (χ1v) is 11.9. The van der Waals surface area contributed by atoms with Crippen molar-refractivity contribution in [2.45, 2.75) is 23.7 Å². The summed E-state index contributed by atoms with van der Waals surface area (Å²) in [6, 6.07) is 5.39. The Kier molecular flexibility index (Phi) is 5.42. The van der Waals surface area contributed by atoms with Crippen molar-refractivity contribution in [2.24, 2.45) is 5.14 Å². The average Bonchev–Trinajstić information content (AvgIpc) is 3.54. The van der Waals surface area contributed by atoms with Gasteiger partial charge in [0.25, 0.3) is 0 Å². The van der Waals surface area contributed by atoms with Crippen LogP contribution in [0.2, 0.25) is 5.02 Å². The number of aromatic amines is 1. The highest BCUT2D eigenvalue weighted by Crippen LogP contribution is 2.45. The van der Waals surface area contributed by atoms with Crippen molar-refractivity contribution in [2.75, 3.05) is 0 Å². The number of hydrogen-bond acceptors (Lipinski definition) is 5. The van der Waals surface area contributed by atoms with E-state index in [1.54, 1.807) is 6.07 Å². The molecule has 1 aliphatic rings. The van der Waals surface area contributed by atoms with Gasteiger partial charge in [-0.05, 0) is 43.2 Å². The number of rotatable bonds is 5. The highest BCUT2D eigenvalue weighted by atomic mass is 35.5. The standard InChI is InChI=1S/C22H15ClF3N5O2S/c23-17-13(12-3-4-15(25)21(18(12)26)34(27,32)33)7-11(24)8-14(17)19-20(16-5-6-28-9-29-16)31-22(30-19)10-1-2-10/h3-10H,1-2H2,(H,30,31)(H2,27,32,33). The molecule has 0 saturated heterocycles. The number of nitrogens with two attached hydrogens (primary N) is 1. The van der Waals surface area contributed by atoms with Crippen LogP contribution >= 0.6 is 11.6 Å². The fraction of sp³-hybridized carbons (Fsp3) is 0.136. The Bertz CT molecular complexity index is 1540. The van der Waals surface area contributed by atoms with Crippen molar-refractivity contribution in [3.05, 3.63) is 71.2 Å². The molecule has 0 bridgehead atoms. The Morgan fingerprint density at radius 1 is 1.06 bits per heavy atom. The van der Waals surface area contributed by atoms with Gasteiger partial charge in [0.1, 0.15) is 23.8 Å². The van der Waals surface area contributed by atoms with Gasteiger partial charge < -0.3 is 4.98 Å². The lowest BCUT2D eigenvalue weighted by Gasteiger charge is -2.13. The van der Waals surface area contributed by atoms with Crippen molar-refractivity contribution >= 4 is 21.6 Å². The fourth-order valence-corrected chi connectivity index (χ4v) is 4.72. The van der Waals surface area contributed by atoms with Gasteiger partial charge in [-0.1, -0.05) is 11.6 Å². The van der Waals surface area contributed by atoms with Crippen LogP contribution in [0, 0.1) is 17.5 Å². The van der Waals surface area contributed by atoms with Crippen LogP contribution in [0.25, 0.3) is 33.8 Å². The molecule has 2 aromatic heterocycles. The van der Waals surface area contributed by atoms with E-state index in [0.29, 0.717) is 17.2 Å². The van der Waals surface area contributed by atoms with Gasteiger partial charge in [-0.3, -0.25) is 0 Å².